The first kappa shape index (κ1) is 20.3. The van der Waals surface area contributed by atoms with Crippen molar-refractivity contribution in [1.29, 1.82) is 0 Å². The largest absolute Gasteiger partial charge is 0.480 e. The van der Waals surface area contributed by atoms with E-state index in [1.54, 1.807) is 46.4 Å². The van der Waals surface area contributed by atoms with Crippen LogP contribution in [0.2, 0.25) is 0 Å². The van der Waals surface area contributed by atoms with Gasteiger partial charge in [-0.2, -0.15) is 0 Å². The SMILES string of the molecule is CC(C)(C)OC(=O)NC1(C(=O)O)CC2CCC(C1)N2C(=O)OC(C)(C)C. The quantitative estimate of drug-likeness (QED) is 0.774. The van der Waals surface area contributed by atoms with Crippen molar-refractivity contribution in [3.63, 3.8) is 0 Å². The van der Waals surface area contributed by atoms with Crippen LogP contribution in [0.1, 0.15) is 67.2 Å². The minimum Gasteiger partial charge on any atom is -0.480 e. The van der Waals surface area contributed by atoms with Crippen molar-refractivity contribution in [3.8, 4) is 0 Å². The van der Waals surface area contributed by atoms with Crippen molar-refractivity contribution >= 4 is 18.2 Å². The zero-order valence-electron chi connectivity index (χ0n) is 16.4. The molecule has 0 aromatic carbocycles. The number of nitrogens with one attached hydrogen (secondary N) is 1. The number of carbonyl (C=O) groups excluding carboxylic acids is 2. The second-order valence-corrected chi connectivity index (χ2v) is 9.20. The van der Waals surface area contributed by atoms with E-state index in [-0.39, 0.29) is 24.9 Å². The van der Waals surface area contributed by atoms with Crippen LogP contribution in [0.25, 0.3) is 0 Å². The highest BCUT2D eigenvalue weighted by Gasteiger charge is 2.55. The molecule has 0 radical (unpaired) electrons. The molecule has 2 saturated heterocycles. The first-order chi connectivity index (χ1) is 11.7. The Morgan fingerprint density at radius 1 is 0.962 bits per heavy atom. The Morgan fingerprint density at radius 2 is 1.42 bits per heavy atom. The number of carbonyl (C=O) groups is 3. The molecule has 8 nitrogen and oxygen atoms in total. The molecule has 2 unspecified atom stereocenters. The Bertz CT molecular complexity index is 575. The van der Waals surface area contributed by atoms with Gasteiger partial charge in [0.25, 0.3) is 0 Å². The van der Waals surface area contributed by atoms with Crippen molar-refractivity contribution in [2.45, 2.75) is 96.1 Å². The molecule has 8 heteroatoms. The molecule has 26 heavy (non-hydrogen) atoms. The zero-order chi connectivity index (χ0) is 19.9. The van der Waals surface area contributed by atoms with Gasteiger partial charge in [-0.1, -0.05) is 0 Å². The molecule has 0 aromatic rings. The van der Waals surface area contributed by atoms with Gasteiger partial charge in [0.05, 0.1) is 0 Å². The van der Waals surface area contributed by atoms with Gasteiger partial charge in [-0.15, -0.1) is 0 Å². The van der Waals surface area contributed by atoms with E-state index >= 15 is 0 Å². The molecular weight excluding hydrogens is 340 g/mol. The number of piperidine rings is 1. The number of alkyl carbamates (subject to hydrolysis) is 1. The number of hydrogen-bond donors (Lipinski definition) is 2. The summed E-state index contributed by atoms with van der Waals surface area (Å²) in [5, 5.41) is 12.4. The Morgan fingerprint density at radius 3 is 1.81 bits per heavy atom. The second-order valence-electron chi connectivity index (χ2n) is 9.20. The van der Waals surface area contributed by atoms with Gasteiger partial charge < -0.3 is 24.8 Å². The number of fused-ring (bicyclic) bond motifs is 2. The third-order valence-corrected chi connectivity index (χ3v) is 4.54. The number of aliphatic carboxylic acids is 1. The molecule has 2 amide bonds. The minimum absolute atomic E-state index is 0.136. The van der Waals surface area contributed by atoms with E-state index in [0.717, 1.165) is 0 Å². The fourth-order valence-corrected chi connectivity index (χ4v) is 3.69. The van der Waals surface area contributed by atoms with Crippen LogP contribution in [0.4, 0.5) is 9.59 Å². The van der Waals surface area contributed by atoms with E-state index in [2.05, 4.69) is 5.32 Å². The van der Waals surface area contributed by atoms with Gasteiger partial charge in [0.1, 0.15) is 16.7 Å². The lowest BCUT2D eigenvalue weighted by atomic mass is 9.83. The van der Waals surface area contributed by atoms with Crippen LogP contribution in [0, 0.1) is 0 Å². The van der Waals surface area contributed by atoms with Crippen molar-refractivity contribution in [3.05, 3.63) is 0 Å². The Balaban J connectivity index is 2.16. The number of amides is 2. The molecule has 148 valence electrons. The molecule has 2 N–H and O–H groups in total. The van der Waals surface area contributed by atoms with Gasteiger partial charge in [0.2, 0.25) is 0 Å². The zero-order valence-corrected chi connectivity index (χ0v) is 16.4. The topological polar surface area (TPSA) is 105 Å². The van der Waals surface area contributed by atoms with Crippen LogP contribution >= 0.6 is 0 Å². The first-order valence-electron chi connectivity index (χ1n) is 8.98. The summed E-state index contributed by atoms with van der Waals surface area (Å²) < 4.78 is 10.7. The third kappa shape index (κ3) is 4.59. The summed E-state index contributed by atoms with van der Waals surface area (Å²) >= 11 is 0. The predicted octanol–water partition coefficient (Wildman–Crippen LogP) is 2.90. The molecule has 2 aliphatic rings. The summed E-state index contributed by atoms with van der Waals surface area (Å²) in [6.45, 7) is 10.5. The third-order valence-electron chi connectivity index (χ3n) is 4.54. The van der Waals surface area contributed by atoms with Crippen molar-refractivity contribution < 1.29 is 29.0 Å². The van der Waals surface area contributed by atoms with Crippen molar-refractivity contribution in [2.75, 3.05) is 0 Å². The maximum absolute atomic E-state index is 12.5. The summed E-state index contributed by atoms with van der Waals surface area (Å²) in [6.07, 6.45) is 0.463. The lowest BCUT2D eigenvalue weighted by Gasteiger charge is -2.44. The monoisotopic (exact) mass is 370 g/mol. The number of rotatable bonds is 2. The summed E-state index contributed by atoms with van der Waals surface area (Å²) in [7, 11) is 0. The van der Waals surface area contributed by atoms with Crippen LogP contribution < -0.4 is 5.32 Å². The maximum atomic E-state index is 12.5. The Hall–Kier alpha value is -1.99. The fraction of sp³-hybridized carbons (Fsp3) is 0.833. The molecule has 0 saturated carbocycles. The van der Waals surface area contributed by atoms with Crippen LogP contribution in [-0.2, 0) is 14.3 Å². The van der Waals surface area contributed by atoms with Crippen molar-refractivity contribution in [1.82, 2.24) is 10.2 Å². The lowest BCUT2D eigenvalue weighted by molar-refractivity contribution is -0.148. The summed E-state index contributed by atoms with van der Waals surface area (Å²) in [4.78, 5) is 38.3. The summed E-state index contributed by atoms with van der Waals surface area (Å²) in [6, 6.07) is -0.565. The van der Waals surface area contributed by atoms with E-state index < -0.39 is 34.9 Å². The van der Waals surface area contributed by atoms with Crippen LogP contribution in [-0.4, -0.2) is 57.0 Å². The average molecular weight is 370 g/mol. The molecule has 2 heterocycles. The van der Waals surface area contributed by atoms with E-state index in [9.17, 15) is 19.5 Å². The first-order valence-corrected chi connectivity index (χ1v) is 8.98. The molecule has 2 bridgehead atoms. The molecule has 2 fully saturated rings. The summed E-state index contributed by atoms with van der Waals surface area (Å²) in [5.41, 5.74) is -2.78. The van der Waals surface area contributed by atoms with Crippen molar-refractivity contribution in [2.24, 2.45) is 0 Å². The number of hydrogen-bond acceptors (Lipinski definition) is 5. The number of carboxylic acid groups (broad SMARTS) is 1. The van der Waals surface area contributed by atoms with Gasteiger partial charge in [0, 0.05) is 24.9 Å². The molecule has 0 aliphatic carbocycles. The predicted molar refractivity (Wildman–Crippen MR) is 93.9 cm³/mol. The molecule has 0 aromatic heterocycles. The smallest absolute Gasteiger partial charge is 0.410 e. The maximum Gasteiger partial charge on any atom is 0.410 e. The van der Waals surface area contributed by atoms with Gasteiger partial charge in [-0.25, -0.2) is 14.4 Å². The van der Waals surface area contributed by atoms with E-state index in [4.69, 9.17) is 9.47 Å². The highest BCUT2D eigenvalue weighted by atomic mass is 16.6. The molecular formula is C18H30N2O6. The minimum atomic E-state index is -1.44. The van der Waals surface area contributed by atoms with Gasteiger partial charge in [0.15, 0.2) is 0 Å². The highest BCUT2D eigenvalue weighted by molar-refractivity contribution is 5.85. The normalized spacial score (nSPS) is 28.5. The Labute approximate surface area is 154 Å². The second kappa shape index (κ2) is 6.63. The molecule has 2 rings (SSSR count). The fourth-order valence-electron chi connectivity index (χ4n) is 3.69. The van der Waals surface area contributed by atoms with Crippen LogP contribution in [0.15, 0.2) is 0 Å². The van der Waals surface area contributed by atoms with Crippen LogP contribution in [0.3, 0.4) is 0 Å². The molecule has 2 aliphatic heterocycles. The molecule has 2 atom stereocenters. The lowest BCUT2D eigenvalue weighted by Crippen LogP contribution is -2.64. The van der Waals surface area contributed by atoms with E-state index in [0.29, 0.717) is 12.8 Å². The van der Waals surface area contributed by atoms with Crippen LogP contribution in [0.5, 0.6) is 0 Å². The number of ether oxygens (including phenoxy) is 2. The highest BCUT2D eigenvalue weighted by Crippen LogP contribution is 2.42. The summed E-state index contributed by atoms with van der Waals surface area (Å²) in [5.74, 6) is -1.11. The van der Waals surface area contributed by atoms with E-state index in [1.807, 2.05) is 0 Å². The standard InChI is InChI=1S/C18H30N2O6/c1-16(2,3)25-14(23)19-18(13(21)22)9-11-7-8-12(10-18)20(11)15(24)26-17(4,5)6/h11-12H,7-10H2,1-6H3,(H,19,23)(H,21,22). The Kier molecular flexibility index (Phi) is 5.18. The van der Waals surface area contributed by atoms with Gasteiger partial charge in [-0.05, 0) is 54.4 Å². The van der Waals surface area contributed by atoms with Gasteiger partial charge in [-0.3, -0.25) is 0 Å². The van der Waals surface area contributed by atoms with E-state index in [1.165, 1.54) is 0 Å². The average Bonchev–Trinajstić information content (AvgIpc) is 2.67. The van der Waals surface area contributed by atoms with Gasteiger partial charge >= 0.3 is 18.2 Å². The molecule has 0 spiro atoms. The number of carboxylic acids is 1. The number of nitrogens with zero attached hydrogens (tertiary/aromatic N) is 1.